The summed E-state index contributed by atoms with van der Waals surface area (Å²) >= 11 is 7.59. The lowest BCUT2D eigenvalue weighted by Gasteiger charge is -2.12. The van der Waals surface area contributed by atoms with Gasteiger partial charge in [-0.25, -0.2) is 4.72 Å². The number of rotatable bonds is 7. The maximum Gasteiger partial charge on any atom is 0.153 e. The number of nitrogens with zero attached hydrogens (tertiary/aromatic N) is 1. The molecular formula is C19H21ClN4O3S. The molecule has 7 nitrogen and oxygen atoms in total. The number of hydrogen-bond acceptors (Lipinski definition) is 8. The van der Waals surface area contributed by atoms with E-state index in [0.717, 1.165) is 12.0 Å². The predicted octanol–water partition coefficient (Wildman–Crippen LogP) is 4.27. The van der Waals surface area contributed by atoms with Gasteiger partial charge in [-0.2, -0.15) is 0 Å². The molecule has 0 fully saturated rings. The van der Waals surface area contributed by atoms with Gasteiger partial charge in [0.25, 0.3) is 0 Å². The van der Waals surface area contributed by atoms with Crippen LogP contribution in [-0.2, 0) is 0 Å². The summed E-state index contributed by atoms with van der Waals surface area (Å²) in [7, 11) is 4.82. The Morgan fingerprint density at radius 2 is 1.96 bits per heavy atom. The molecule has 0 spiro atoms. The molecule has 0 aliphatic carbocycles. The molecule has 0 amide bonds. The molecule has 0 bridgehead atoms. The third-order valence-corrected chi connectivity index (χ3v) is 4.45. The van der Waals surface area contributed by atoms with Crippen LogP contribution in [0.3, 0.4) is 0 Å². The molecule has 0 atom stereocenters. The average molecular weight is 421 g/mol. The number of ether oxygens (including phenoxy) is 2. The highest BCUT2D eigenvalue weighted by atomic mass is 35.5. The molecule has 4 N–H and O–H groups in total. The Labute approximate surface area is 172 Å². The summed E-state index contributed by atoms with van der Waals surface area (Å²) in [6.07, 6.45) is 2.38. The fraction of sp³-hybridized carbons (Fsp3) is 0.158. The third kappa shape index (κ3) is 5.05. The Hall–Kier alpha value is -2.52. The van der Waals surface area contributed by atoms with Crippen molar-refractivity contribution in [3.8, 4) is 17.2 Å². The van der Waals surface area contributed by atoms with Crippen molar-refractivity contribution in [2.45, 2.75) is 0 Å². The van der Waals surface area contributed by atoms with Gasteiger partial charge in [0.15, 0.2) is 6.29 Å². The van der Waals surface area contributed by atoms with Gasteiger partial charge in [0.05, 0.1) is 28.9 Å². The molecule has 2 aromatic carbocycles. The van der Waals surface area contributed by atoms with Crippen LogP contribution in [0.2, 0.25) is 5.02 Å². The van der Waals surface area contributed by atoms with Crippen LogP contribution in [0.4, 0.5) is 5.69 Å². The second kappa shape index (κ2) is 10.7. The number of methoxy groups -OCH3 is 1. The van der Waals surface area contributed by atoms with Gasteiger partial charge in [0.2, 0.25) is 0 Å². The molecule has 1 aromatic heterocycles. The summed E-state index contributed by atoms with van der Waals surface area (Å²) in [6.45, 7) is 0. The predicted molar refractivity (Wildman–Crippen MR) is 116 cm³/mol. The van der Waals surface area contributed by atoms with Crippen molar-refractivity contribution in [2.24, 2.45) is 5.73 Å². The van der Waals surface area contributed by atoms with Crippen LogP contribution in [0, 0.1) is 0 Å². The Morgan fingerprint density at radius 1 is 1.18 bits per heavy atom. The standard InChI is InChI=1S/C18H16ClN3O3S.CH5N/c1-20-26-22-15-4-3-12(8-14(15)19)25-17-5-6-21-16-9-18(24-2)11(10-23)7-13(16)17;1-2/h3-10,20,22H,1-2H3;2H2,1H3. The number of nitrogens with two attached hydrogens (primary N) is 1. The van der Waals surface area contributed by atoms with Crippen LogP contribution in [0.15, 0.2) is 42.6 Å². The molecule has 28 heavy (non-hydrogen) atoms. The van der Waals surface area contributed by atoms with Crippen LogP contribution in [0.5, 0.6) is 17.2 Å². The normalized spacial score (nSPS) is 10.0. The first-order valence-corrected chi connectivity index (χ1v) is 9.41. The molecular weight excluding hydrogens is 400 g/mol. The van der Waals surface area contributed by atoms with Gasteiger partial charge < -0.3 is 19.9 Å². The largest absolute Gasteiger partial charge is 0.496 e. The van der Waals surface area contributed by atoms with Crippen molar-refractivity contribution in [1.29, 1.82) is 0 Å². The minimum atomic E-state index is 0.430. The second-order valence-corrected chi connectivity index (χ2v) is 6.41. The number of carbonyl (C=O) groups excluding carboxylic acids is 1. The molecule has 3 rings (SSSR count). The fourth-order valence-electron chi connectivity index (χ4n) is 2.40. The molecule has 0 unspecified atom stereocenters. The van der Waals surface area contributed by atoms with Crippen LogP contribution < -0.4 is 24.7 Å². The average Bonchev–Trinajstić information content (AvgIpc) is 2.74. The first kappa shape index (κ1) is 21.8. The molecule has 3 aromatic rings. The first-order chi connectivity index (χ1) is 13.7. The fourth-order valence-corrected chi connectivity index (χ4v) is 3.06. The Balaban J connectivity index is 0.00000136. The Kier molecular flexibility index (Phi) is 8.34. The van der Waals surface area contributed by atoms with E-state index in [2.05, 4.69) is 20.2 Å². The lowest BCUT2D eigenvalue weighted by atomic mass is 10.1. The van der Waals surface area contributed by atoms with Gasteiger partial charge >= 0.3 is 0 Å². The van der Waals surface area contributed by atoms with E-state index in [0.29, 0.717) is 38.7 Å². The third-order valence-electron chi connectivity index (χ3n) is 3.61. The van der Waals surface area contributed by atoms with E-state index in [1.54, 1.807) is 43.6 Å². The molecule has 0 radical (unpaired) electrons. The van der Waals surface area contributed by atoms with Gasteiger partial charge in [-0.3, -0.25) is 9.78 Å². The number of aldehydes is 1. The van der Waals surface area contributed by atoms with E-state index in [9.17, 15) is 4.79 Å². The van der Waals surface area contributed by atoms with E-state index in [4.69, 9.17) is 21.1 Å². The van der Waals surface area contributed by atoms with Crippen molar-refractivity contribution >= 4 is 46.6 Å². The van der Waals surface area contributed by atoms with E-state index in [-0.39, 0.29) is 0 Å². The van der Waals surface area contributed by atoms with Gasteiger partial charge in [-0.15, -0.1) is 0 Å². The molecule has 0 saturated carbocycles. The highest BCUT2D eigenvalue weighted by Gasteiger charge is 2.11. The smallest absolute Gasteiger partial charge is 0.153 e. The van der Waals surface area contributed by atoms with Crippen molar-refractivity contribution in [1.82, 2.24) is 9.71 Å². The van der Waals surface area contributed by atoms with Crippen molar-refractivity contribution in [3.63, 3.8) is 0 Å². The maximum atomic E-state index is 11.3. The molecule has 0 saturated heterocycles. The van der Waals surface area contributed by atoms with Gasteiger partial charge in [0.1, 0.15) is 17.2 Å². The summed E-state index contributed by atoms with van der Waals surface area (Å²) in [5.74, 6) is 1.62. The lowest BCUT2D eigenvalue weighted by molar-refractivity contribution is 0.112. The number of benzene rings is 2. The summed E-state index contributed by atoms with van der Waals surface area (Å²) in [5, 5.41) is 1.23. The molecule has 1 heterocycles. The van der Waals surface area contributed by atoms with Gasteiger partial charge in [0, 0.05) is 35.8 Å². The zero-order valence-electron chi connectivity index (χ0n) is 15.7. The van der Waals surface area contributed by atoms with Crippen molar-refractivity contribution < 1.29 is 14.3 Å². The Bertz CT molecular complexity index is 956. The van der Waals surface area contributed by atoms with E-state index in [1.807, 2.05) is 6.07 Å². The zero-order valence-corrected chi connectivity index (χ0v) is 17.2. The van der Waals surface area contributed by atoms with Crippen molar-refractivity contribution in [3.05, 3.63) is 53.2 Å². The molecule has 0 aliphatic heterocycles. The summed E-state index contributed by atoms with van der Waals surface area (Å²) < 4.78 is 17.2. The molecule has 9 heteroatoms. The minimum Gasteiger partial charge on any atom is -0.496 e. The number of hydrogen-bond donors (Lipinski definition) is 3. The van der Waals surface area contributed by atoms with Crippen molar-refractivity contribution in [2.75, 3.05) is 25.9 Å². The molecule has 148 valence electrons. The summed E-state index contributed by atoms with van der Waals surface area (Å²) in [4.78, 5) is 15.6. The minimum absolute atomic E-state index is 0.430. The van der Waals surface area contributed by atoms with E-state index >= 15 is 0 Å². The topological polar surface area (TPSA) is 98.5 Å². The highest BCUT2D eigenvalue weighted by molar-refractivity contribution is 7.98. The number of anilines is 1. The number of fused-ring (bicyclic) bond motifs is 1. The number of carbonyl (C=O) groups is 1. The lowest BCUT2D eigenvalue weighted by Crippen LogP contribution is -1.99. The van der Waals surface area contributed by atoms with Crippen LogP contribution >= 0.6 is 23.7 Å². The Morgan fingerprint density at radius 3 is 2.61 bits per heavy atom. The number of nitrogens with one attached hydrogen (secondary N) is 2. The van der Waals surface area contributed by atoms with Gasteiger partial charge in [-0.05, 0) is 38.4 Å². The number of halogens is 1. The summed E-state index contributed by atoms with van der Waals surface area (Å²) in [5.41, 5.74) is 6.37. The van der Waals surface area contributed by atoms with Crippen LogP contribution in [-0.4, -0.2) is 32.5 Å². The SMILES string of the molecule is CN.CNSNc1ccc(Oc2ccnc3cc(OC)c(C=O)cc23)cc1Cl. The number of pyridine rings is 1. The van der Waals surface area contributed by atoms with E-state index in [1.165, 1.54) is 26.3 Å². The maximum absolute atomic E-state index is 11.3. The van der Waals surface area contributed by atoms with Crippen LogP contribution in [0.25, 0.3) is 10.9 Å². The van der Waals surface area contributed by atoms with Crippen LogP contribution in [0.1, 0.15) is 10.4 Å². The van der Waals surface area contributed by atoms with Gasteiger partial charge in [-0.1, -0.05) is 11.6 Å². The quantitative estimate of drug-likeness (QED) is 0.385. The zero-order chi connectivity index (χ0) is 20.5. The molecule has 0 aliphatic rings. The second-order valence-electron chi connectivity index (χ2n) is 5.19. The number of aromatic nitrogens is 1. The summed E-state index contributed by atoms with van der Waals surface area (Å²) in [6, 6.07) is 10.5. The highest BCUT2D eigenvalue weighted by Crippen LogP contribution is 2.35. The first-order valence-electron chi connectivity index (χ1n) is 8.22. The van der Waals surface area contributed by atoms with E-state index < -0.39 is 0 Å². The monoisotopic (exact) mass is 420 g/mol.